The zero-order valence-corrected chi connectivity index (χ0v) is 27.4. The van der Waals surface area contributed by atoms with Crippen molar-refractivity contribution in [2.45, 2.75) is 33.4 Å². The smallest absolute Gasteiger partial charge is 0.416 e. The maximum atomic E-state index is 13.8. The van der Waals surface area contributed by atoms with E-state index in [1.54, 1.807) is 18.2 Å². The fraction of sp³-hybridized carbons (Fsp3) is 0.387. The summed E-state index contributed by atoms with van der Waals surface area (Å²) in [5.41, 5.74) is 7.59. The van der Waals surface area contributed by atoms with Crippen LogP contribution in [0.2, 0.25) is 0 Å². The maximum absolute atomic E-state index is 13.8. The summed E-state index contributed by atoms with van der Waals surface area (Å²) in [6.07, 6.45) is 3.91. The number of ether oxygens (including phenoxy) is 1. The Labute approximate surface area is 271 Å². The first-order valence-corrected chi connectivity index (χ1v) is 15.5. The molecule has 0 unspecified atom stereocenters. The molecule has 1 fully saturated rings. The highest BCUT2D eigenvalue weighted by Gasteiger charge is 2.32. The van der Waals surface area contributed by atoms with Crippen LogP contribution in [0.3, 0.4) is 0 Å². The number of carbonyl (C=O) groups is 2. The Morgan fingerprint density at radius 2 is 1.85 bits per heavy atom. The number of anilines is 3. The van der Waals surface area contributed by atoms with Gasteiger partial charge in [-0.05, 0) is 50.2 Å². The molecule has 2 aliphatic rings. The maximum Gasteiger partial charge on any atom is 0.416 e. The second-order valence-electron chi connectivity index (χ2n) is 10.3. The number of hydrogen-bond acceptors (Lipinski definition) is 11. The molecule has 0 spiro atoms. The van der Waals surface area contributed by atoms with Gasteiger partial charge in [-0.2, -0.15) is 13.2 Å². The Morgan fingerprint density at radius 1 is 1.15 bits per heavy atom. The molecule has 1 amide bonds. The van der Waals surface area contributed by atoms with Crippen molar-refractivity contribution < 1.29 is 27.5 Å². The number of esters is 1. The van der Waals surface area contributed by atoms with Gasteiger partial charge < -0.3 is 30.9 Å². The molecule has 1 aliphatic carbocycles. The first-order chi connectivity index (χ1) is 21.8. The van der Waals surface area contributed by atoms with Gasteiger partial charge in [0.2, 0.25) is 0 Å². The monoisotopic (exact) mass is 662 g/mol. The number of carbonyl (C=O) groups excluding carboxylic acids is 2. The third-order valence-electron chi connectivity index (χ3n) is 7.05. The molecule has 0 bridgehead atoms. The molecule has 1 aliphatic heterocycles. The molecule has 2 aromatic rings. The Balaban J connectivity index is 0.00000282. The molecule has 6 N–H and O–H groups in total. The van der Waals surface area contributed by atoms with E-state index in [-0.39, 0.29) is 23.5 Å². The van der Waals surface area contributed by atoms with E-state index in [0.29, 0.717) is 40.9 Å². The van der Waals surface area contributed by atoms with Gasteiger partial charge in [0.1, 0.15) is 6.54 Å². The van der Waals surface area contributed by atoms with Crippen molar-refractivity contribution in [1.82, 2.24) is 14.9 Å². The molecule has 1 aromatic heterocycles. The van der Waals surface area contributed by atoms with Crippen molar-refractivity contribution in [2.75, 3.05) is 62.4 Å². The van der Waals surface area contributed by atoms with Crippen LogP contribution in [-0.2, 0) is 20.5 Å². The van der Waals surface area contributed by atoms with E-state index in [9.17, 15) is 22.8 Å². The minimum Gasteiger partial charge on any atom is -0.468 e. The van der Waals surface area contributed by atoms with Crippen LogP contribution in [0, 0.1) is 0 Å². The second-order valence-corrected chi connectivity index (χ2v) is 11.3. The zero-order chi connectivity index (χ0) is 34.0. The molecule has 250 valence electrons. The number of thiazole rings is 1. The summed E-state index contributed by atoms with van der Waals surface area (Å²) in [5, 5.41) is 7.22. The number of nitrogens with zero attached hydrogens (tertiary/aromatic N) is 4. The minimum atomic E-state index is -4.58. The molecule has 0 atom stereocenters. The van der Waals surface area contributed by atoms with Crippen LogP contribution in [0.1, 0.15) is 37.6 Å². The summed E-state index contributed by atoms with van der Waals surface area (Å²) >= 11 is 1.21. The number of rotatable bonds is 9. The number of nitrogens with one attached hydrogen (secondary N) is 2. The van der Waals surface area contributed by atoms with Gasteiger partial charge in [-0.25, -0.2) is 10.8 Å². The number of hydrazine groups is 1. The number of likely N-dealkylation sites (N-methyl/N-ethyl adjacent to an activating group) is 1. The number of benzene rings is 1. The minimum absolute atomic E-state index is 0.0408. The predicted octanol–water partition coefficient (Wildman–Crippen LogP) is 4.76. The van der Waals surface area contributed by atoms with E-state index in [1.165, 1.54) is 35.9 Å². The van der Waals surface area contributed by atoms with E-state index in [0.717, 1.165) is 30.8 Å². The lowest BCUT2D eigenvalue weighted by molar-refractivity contribution is -0.139. The first kappa shape index (κ1) is 36.1. The van der Waals surface area contributed by atoms with Gasteiger partial charge in [-0.1, -0.05) is 37.3 Å². The van der Waals surface area contributed by atoms with Gasteiger partial charge in [-0.15, -0.1) is 0 Å². The number of methoxy groups -OCH3 is 1. The van der Waals surface area contributed by atoms with E-state index >= 15 is 0 Å². The molecule has 1 saturated heterocycles. The fourth-order valence-corrected chi connectivity index (χ4v) is 5.25. The predicted molar refractivity (Wildman–Crippen MR) is 176 cm³/mol. The molecule has 2 heterocycles. The Hall–Kier alpha value is -4.34. The van der Waals surface area contributed by atoms with Crippen LogP contribution < -0.4 is 27.1 Å². The highest BCUT2D eigenvalue weighted by Crippen LogP contribution is 2.35. The molecular weight excluding hydrogens is 621 g/mol. The van der Waals surface area contributed by atoms with Crippen LogP contribution in [0.5, 0.6) is 0 Å². The van der Waals surface area contributed by atoms with Crippen LogP contribution in [-0.4, -0.2) is 73.7 Å². The Morgan fingerprint density at radius 3 is 2.50 bits per heavy atom. The van der Waals surface area contributed by atoms with E-state index in [4.69, 9.17) is 11.6 Å². The van der Waals surface area contributed by atoms with Gasteiger partial charge in [0.05, 0.1) is 28.9 Å². The van der Waals surface area contributed by atoms with Crippen molar-refractivity contribution in [3.8, 4) is 0 Å². The highest BCUT2D eigenvalue weighted by atomic mass is 32.1. The molecule has 1 aromatic carbocycles. The standard InChI is InChI=1S/C29H35F3N8O3S.C2H6/c1-18-5-4-6-19(11-24(18)40(34)17-23(33)25-15-35-28(44-25)36-16-26(41)43-3)27(42)37-21-12-20(29(30,31)32)13-22(14-21)39-9-7-38(2)8-10-39;1-2/h5-6,11-15,17H,4,7-10,16,33-34H2,1-3H3,(H,35,36)(H,37,42);1-2H3/b23-17-;. The number of halogens is 3. The van der Waals surface area contributed by atoms with E-state index < -0.39 is 23.6 Å². The van der Waals surface area contributed by atoms with Crippen molar-refractivity contribution in [3.63, 3.8) is 0 Å². The Kier molecular flexibility index (Phi) is 12.8. The van der Waals surface area contributed by atoms with Crippen LogP contribution >= 0.6 is 11.3 Å². The van der Waals surface area contributed by atoms with Crippen molar-refractivity contribution >= 4 is 45.4 Å². The van der Waals surface area contributed by atoms with Crippen molar-refractivity contribution in [1.29, 1.82) is 0 Å². The lowest BCUT2D eigenvalue weighted by atomic mass is 10.1. The highest BCUT2D eigenvalue weighted by molar-refractivity contribution is 7.16. The van der Waals surface area contributed by atoms with Gasteiger partial charge in [-0.3, -0.25) is 14.6 Å². The zero-order valence-electron chi connectivity index (χ0n) is 26.6. The SMILES string of the molecule is CC.COC(=O)CNc1ncc(/C(N)=C/N(N)C2=CC(C(=O)Nc3cc(N4CCN(C)CC4)cc(C(F)(F)F)c3)=CCC=C2C)s1. The van der Waals surface area contributed by atoms with Gasteiger partial charge >= 0.3 is 12.1 Å². The van der Waals surface area contributed by atoms with E-state index in [2.05, 4.69) is 25.3 Å². The second kappa shape index (κ2) is 16.3. The molecule has 46 heavy (non-hydrogen) atoms. The normalized spacial score (nSPS) is 15.8. The number of hydrogen-bond donors (Lipinski definition) is 4. The average Bonchev–Trinajstić information content (AvgIpc) is 3.42. The summed E-state index contributed by atoms with van der Waals surface area (Å²) in [4.78, 5) is 33.5. The number of aromatic nitrogens is 1. The topological polar surface area (TPSA) is 142 Å². The largest absolute Gasteiger partial charge is 0.468 e. The molecule has 15 heteroatoms. The fourth-order valence-electron chi connectivity index (χ4n) is 4.51. The lowest BCUT2D eigenvalue weighted by Crippen LogP contribution is -2.44. The number of amides is 1. The van der Waals surface area contributed by atoms with Gasteiger partial charge in [0, 0.05) is 55.5 Å². The van der Waals surface area contributed by atoms with Gasteiger partial charge in [0.25, 0.3) is 5.91 Å². The van der Waals surface area contributed by atoms with Crippen LogP contribution in [0.4, 0.5) is 29.7 Å². The summed E-state index contributed by atoms with van der Waals surface area (Å²) in [7, 11) is 3.25. The number of piperazine rings is 1. The molecule has 11 nitrogen and oxygen atoms in total. The number of nitrogens with two attached hydrogens (primary N) is 2. The molecule has 4 rings (SSSR count). The first-order valence-electron chi connectivity index (χ1n) is 14.7. The quantitative estimate of drug-likeness (QED) is 0.169. The summed E-state index contributed by atoms with van der Waals surface area (Å²) in [6, 6.07) is 3.61. The van der Waals surface area contributed by atoms with Crippen molar-refractivity contribution in [3.05, 3.63) is 76.1 Å². The number of alkyl halides is 3. The third kappa shape index (κ3) is 9.83. The van der Waals surface area contributed by atoms with Crippen LogP contribution in [0.15, 0.2) is 65.7 Å². The lowest BCUT2D eigenvalue weighted by Gasteiger charge is -2.34. The molecule has 0 saturated carbocycles. The van der Waals surface area contributed by atoms with Gasteiger partial charge in [0.15, 0.2) is 5.13 Å². The summed E-state index contributed by atoms with van der Waals surface area (Å²) < 4.78 is 46.0. The Bertz CT molecular complexity index is 1510. The molecule has 0 radical (unpaired) electrons. The third-order valence-corrected chi connectivity index (χ3v) is 8.05. The van der Waals surface area contributed by atoms with Crippen LogP contribution in [0.25, 0.3) is 5.70 Å². The van der Waals surface area contributed by atoms with E-state index in [1.807, 2.05) is 38.8 Å². The average molecular weight is 663 g/mol. The summed E-state index contributed by atoms with van der Waals surface area (Å²) in [5.74, 6) is 5.32. The number of allylic oxidation sites excluding steroid dienone is 3. The summed E-state index contributed by atoms with van der Waals surface area (Å²) in [6.45, 7) is 8.35. The van der Waals surface area contributed by atoms with Crippen molar-refractivity contribution in [2.24, 2.45) is 11.6 Å². The molecular formula is C31H41F3N8O3S.